The predicted octanol–water partition coefficient (Wildman–Crippen LogP) is 3.71. The van der Waals surface area contributed by atoms with Gasteiger partial charge in [0.2, 0.25) is 5.91 Å². The van der Waals surface area contributed by atoms with Crippen molar-refractivity contribution < 1.29 is 4.79 Å². The van der Waals surface area contributed by atoms with Gasteiger partial charge < -0.3 is 10.6 Å². The SMILES string of the molecule is CNCc1ccccc1NC(=O)/C=C/c1ccc(Cl)cc1. The Morgan fingerprint density at radius 2 is 1.86 bits per heavy atom. The molecule has 0 heterocycles. The zero-order valence-electron chi connectivity index (χ0n) is 11.8. The maximum atomic E-state index is 12.0. The maximum absolute atomic E-state index is 12.0. The average molecular weight is 301 g/mol. The fourth-order valence-corrected chi connectivity index (χ4v) is 2.03. The number of carbonyl (C=O) groups excluding carboxylic acids is 1. The lowest BCUT2D eigenvalue weighted by Gasteiger charge is -2.09. The van der Waals surface area contributed by atoms with Crippen molar-refractivity contribution in [1.29, 1.82) is 0 Å². The lowest BCUT2D eigenvalue weighted by molar-refractivity contribution is -0.111. The molecule has 2 N–H and O–H groups in total. The molecule has 2 aromatic rings. The lowest BCUT2D eigenvalue weighted by atomic mass is 10.1. The number of halogens is 1. The first-order valence-electron chi connectivity index (χ1n) is 6.66. The molecular weight excluding hydrogens is 284 g/mol. The first-order valence-corrected chi connectivity index (χ1v) is 7.04. The molecule has 0 radical (unpaired) electrons. The normalized spacial score (nSPS) is 10.8. The van der Waals surface area contributed by atoms with Crippen molar-refractivity contribution in [1.82, 2.24) is 5.32 Å². The van der Waals surface area contributed by atoms with Gasteiger partial charge in [0, 0.05) is 23.3 Å². The number of carbonyl (C=O) groups is 1. The van der Waals surface area contributed by atoms with E-state index in [1.165, 1.54) is 6.08 Å². The van der Waals surface area contributed by atoms with Gasteiger partial charge in [-0.15, -0.1) is 0 Å². The summed E-state index contributed by atoms with van der Waals surface area (Å²) >= 11 is 5.82. The van der Waals surface area contributed by atoms with Gasteiger partial charge in [-0.25, -0.2) is 0 Å². The second-order valence-corrected chi connectivity index (χ2v) is 5.00. The molecule has 0 unspecified atom stereocenters. The molecule has 108 valence electrons. The minimum atomic E-state index is -0.159. The number of rotatable bonds is 5. The van der Waals surface area contributed by atoms with Crippen molar-refractivity contribution in [2.75, 3.05) is 12.4 Å². The molecule has 3 nitrogen and oxygen atoms in total. The third kappa shape index (κ3) is 4.74. The second-order valence-electron chi connectivity index (χ2n) is 4.56. The van der Waals surface area contributed by atoms with Gasteiger partial charge in [-0.05, 0) is 42.4 Å². The van der Waals surface area contributed by atoms with Crippen LogP contribution in [0.25, 0.3) is 6.08 Å². The monoisotopic (exact) mass is 300 g/mol. The zero-order valence-corrected chi connectivity index (χ0v) is 12.5. The number of anilines is 1. The van der Waals surface area contributed by atoms with Gasteiger partial charge in [0.1, 0.15) is 0 Å². The Hall–Kier alpha value is -2.10. The average Bonchev–Trinajstić information content (AvgIpc) is 2.49. The molecule has 0 aliphatic rings. The number of hydrogen-bond acceptors (Lipinski definition) is 2. The number of hydrogen-bond donors (Lipinski definition) is 2. The molecule has 0 saturated carbocycles. The molecule has 0 bridgehead atoms. The Kier molecular flexibility index (Phi) is 5.55. The highest BCUT2D eigenvalue weighted by Gasteiger charge is 2.03. The van der Waals surface area contributed by atoms with Gasteiger partial charge in [0.15, 0.2) is 0 Å². The summed E-state index contributed by atoms with van der Waals surface area (Å²) in [5.41, 5.74) is 2.80. The Labute approximate surface area is 129 Å². The van der Waals surface area contributed by atoms with E-state index < -0.39 is 0 Å². The molecule has 1 amide bonds. The third-order valence-electron chi connectivity index (χ3n) is 2.94. The smallest absolute Gasteiger partial charge is 0.248 e. The highest BCUT2D eigenvalue weighted by atomic mass is 35.5. The van der Waals surface area contributed by atoms with E-state index in [4.69, 9.17) is 11.6 Å². The Bertz CT molecular complexity index is 635. The summed E-state index contributed by atoms with van der Waals surface area (Å²) in [4.78, 5) is 12.0. The summed E-state index contributed by atoms with van der Waals surface area (Å²) in [6.45, 7) is 0.706. The summed E-state index contributed by atoms with van der Waals surface area (Å²) in [5.74, 6) is -0.159. The molecule has 4 heteroatoms. The Morgan fingerprint density at radius 1 is 1.14 bits per heavy atom. The van der Waals surface area contributed by atoms with E-state index in [1.807, 2.05) is 43.4 Å². The maximum Gasteiger partial charge on any atom is 0.248 e. The fraction of sp³-hybridized carbons (Fsp3) is 0.118. The summed E-state index contributed by atoms with van der Waals surface area (Å²) < 4.78 is 0. The van der Waals surface area contributed by atoms with E-state index in [-0.39, 0.29) is 5.91 Å². The minimum Gasteiger partial charge on any atom is -0.322 e. The van der Waals surface area contributed by atoms with Crippen molar-refractivity contribution in [2.24, 2.45) is 0 Å². The zero-order chi connectivity index (χ0) is 15.1. The van der Waals surface area contributed by atoms with Crippen molar-refractivity contribution in [3.8, 4) is 0 Å². The van der Waals surface area contributed by atoms with Crippen molar-refractivity contribution in [3.05, 3.63) is 70.8 Å². The van der Waals surface area contributed by atoms with E-state index in [0.717, 1.165) is 16.8 Å². The van der Waals surface area contributed by atoms with Crippen LogP contribution in [0.4, 0.5) is 5.69 Å². The highest BCUT2D eigenvalue weighted by Crippen LogP contribution is 2.15. The largest absolute Gasteiger partial charge is 0.322 e. The number of para-hydroxylation sites is 1. The Morgan fingerprint density at radius 3 is 2.57 bits per heavy atom. The van der Waals surface area contributed by atoms with E-state index in [2.05, 4.69) is 10.6 Å². The number of amides is 1. The summed E-state index contributed by atoms with van der Waals surface area (Å²) in [7, 11) is 1.87. The molecule has 0 aliphatic heterocycles. The summed E-state index contributed by atoms with van der Waals surface area (Å²) in [6, 6.07) is 15.0. The first-order chi connectivity index (χ1) is 10.2. The number of benzene rings is 2. The predicted molar refractivity (Wildman–Crippen MR) is 88.3 cm³/mol. The minimum absolute atomic E-state index is 0.159. The molecule has 21 heavy (non-hydrogen) atoms. The molecule has 0 atom stereocenters. The molecule has 0 aliphatic carbocycles. The highest BCUT2D eigenvalue weighted by molar-refractivity contribution is 6.30. The summed E-state index contributed by atoms with van der Waals surface area (Å²) in [5, 5.41) is 6.64. The van der Waals surface area contributed by atoms with Crippen LogP contribution in [0.5, 0.6) is 0 Å². The topological polar surface area (TPSA) is 41.1 Å². The van der Waals surface area contributed by atoms with Gasteiger partial charge in [-0.1, -0.05) is 41.9 Å². The molecule has 0 spiro atoms. The van der Waals surface area contributed by atoms with Crippen molar-refractivity contribution in [3.63, 3.8) is 0 Å². The van der Waals surface area contributed by atoms with Gasteiger partial charge >= 0.3 is 0 Å². The van der Waals surface area contributed by atoms with Crippen LogP contribution in [0.2, 0.25) is 5.02 Å². The molecule has 0 saturated heterocycles. The van der Waals surface area contributed by atoms with Crippen LogP contribution in [-0.4, -0.2) is 13.0 Å². The van der Waals surface area contributed by atoms with Crippen LogP contribution < -0.4 is 10.6 Å². The van der Waals surface area contributed by atoms with Gasteiger partial charge in [0.05, 0.1) is 0 Å². The molecular formula is C17H17ClN2O. The van der Waals surface area contributed by atoms with Crippen LogP contribution >= 0.6 is 11.6 Å². The lowest BCUT2D eigenvalue weighted by Crippen LogP contribution is -2.13. The molecule has 2 aromatic carbocycles. The van der Waals surface area contributed by atoms with E-state index in [9.17, 15) is 4.79 Å². The van der Waals surface area contributed by atoms with Gasteiger partial charge in [-0.3, -0.25) is 4.79 Å². The second kappa shape index (κ2) is 7.62. The molecule has 2 rings (SSSR count). The van der Waals surface area contributed by atoms with Crippen molar-refractivity contribution >= 4 is 29.3 Å². The summed E-state index contributed by atoms with van der Waals surface area (Å²) in [6.07, 6.45) is 3.27. The van der Waals surface area contributed by atoms with Crippen LogP contribution in [-0.2, 0) is 11.3 Å². The third-order valence-corrected chi connectivity index (χ3v) is 3.19. The quantitative estimate of drug-likeness (QED) is 0.827. The van der Waals surface area contributed by atoms with Crippen LogP contribution in [0.3, 0.4) is 0 Å². The van der Waals surface area contributed by atoms with Crippen molar-refractivity contribution in [2.45, 2.75) is 6.54 Å². The standard InChI is InChI=1S/C17H17ClN2O/c1-19-12-14-4-2-3-5-16(14)20-17(21)11-8-13-6-9-15(18)10-7-13/h2-11,19H,12H2,1H3,(H,20,21)/b11-8+. The van der Waals surface area contributed by atoms with Crippen LogP contribution in [0.15, 0.2) is 54.6 Å². The van der Waals surface area contributed by atoms with E-state index in [0.29, 0.717) is 11.6 Å². The van der Waals surface area contributed by atoms with Gasteiger partial charge in [-0.2, -0.15) is 0 Å². The van der Waals surface area contributed by atoms with Crippen LogP contribution in [0.1, 0.15) is 11.1 Å². The molecule has 0 fully saturated rings. The van der Waals surface area contributed by atoms with Gasteiger partial charge in [0.25, 0.3) is 0 Å². The first kappa shape index (κ1) is 15.3. The fourth-order valence-electron chi connectivity index (χ4n) is 1.91. The molecule has 0 aromatic heterocycles. The Balaban J connectivity index is 2.03. The van der Waals surface area contributed by atoms with Crippen LogP contribution in [0, 0.1) is 0 Å². The van der Waals surface area contributed by atoms with E-state index >= 15 is 0 Å². The van der Waals surface area contributed by atoms with E-state index in [1.54, 1.807) is 18.2 Å². The number of nitrogens with one attached hydrogen (secondary N) is 2.